The van der Waals surface area contributed by atoms with Gasteiger partial charge in [0.05, 0.1) is 18.4 Å². The fourth-order valence-corrected chi connectivity index (χ4v) is 3.02. The first-order valence-corrected chi connectivity index (χ1v) is 6.68. The van der Waals surface area contributed by atoms with Crippen molar-refractivity contribution in [1.82, 2.24) is 0 Å². The van der Waals surface area contributed by atoms with Crippen LogP contribution in [0.5, 0.6) is 0 Å². The summed E-state index contributed by atoms with van der Waals surface area (Å²) in [5.74, 6) is 0.597. The Morgan fingerprint density at radius 3 is 2.65 bits per heavy atom. The molecular formula is C13H18BrNO2. The van der Waals surface area contributed by atoms with Gasteiger partial charge in [-0.25, -0.2) is 0 Å². The molecular weight excluding hydrogens is 282 g/mol. The van der Waals surface area contributed by atoms with Crippen LogP contribution in [0.1, 0.15) is 18.4 Å². The molecule has 1 fully saturated rings. The van der Waals surface area contributed by atoms with Crippen molar-refractivity contribution < 1.29 is 10.2 Å². The molecule has 0 aliphatic heterocycles. The maximum Gasteiger partial charge on any atom is 0.0682 e. The van der Waals surface area contributed by atoms with Crippen molar-refractivity contribution in [2.45, 2.75) is 25.6 Å². The zero-order valence-electron chi connectivity index (χ0n) is 9.93. The summed E-state index contributed by atoms with van der Waals surface area (Å²) in [6.45, 7) is 1.03. The molecule has 0 radical (unpaired) electrons. The average Bonchev–Trinajstić information content (AvgIpc) is 2.26. The van der Waals surface area contributed by atoms with Crippen LogP contribution in [0.15, 0.2) is 22.7 Å². The van der Waals surface area contributed by atoms with E-state index in [2.05, 4.69) is 27.9 Å². The summed E-state index contributed by atoms with van der Waals surface area (Å²) in [4.78, 5) is 2.20. The van der Waals surface area contributed by atoms with Gasteiger partial charge in [-0.1, -0.05) is 6.07 Å². The van der Waals surface area contributed by atoms with Crippen LogP contribution >= 0.6 is 15.9 Å². The van der Waals surface area contributed by atoms with Crippen molar-refractivity contribution in [3.63, 3.8) is 0 Å². The SMILES string of the molecule is CN(CC1CC(O)C1)c1ccc(CO)cc1Br. The van der Waals surface area contributed by atoms with Gasteiger partial charge >= 0.3 is 0 Å². The number of aliphatic hydroxyl groups excluding tert-OH is 2. The third-order valence-electron chi connectivity index (χ3n) is 3.35. The van der Waals surface area contributed by atoms with Gasteiger partial charge < -0.3 is 15.1 Å². The van der Waals surface area contributed by atoms with E-state index in [0.717, 1.165) is 35.1 Å². The highest BCUT2D eigenvalue weighted by atomic mass is 79.9. The van der Waals surface area contributed by atoms with Crippen LogP contribution in [0.2, 0.25) is 0 Å². The smallest absolute Gasteiger partial charge is 0.0682 e. The van der Waals surface area contributed by atoms with Crippen molar-refractivity contribution >= 4 is 21.6 Å². The normalized spacial score (nSPS) is 23.3. The minimum atomic E-state index is -0.0893. The van der Waals surface area contributed by atoms with Crippen LogP contribution in [-0.2, 0) is 6.61 Å². The van der Waals surface area contributed by atoms with Crippen LogP contribution < -0.4 is 4.90 Å². The van der Waals surface area contributed by atoms with Gasteiger partial charge in [0.1, 0.15) is 0 Å². The van der Waals surface area contributed by atoms with E-state index in [9.17, 15) is 5.11 Å². The standard InChI is InChI=1S/C13H18BrNO2/c1-15(7-10-4-11(17)5-10)13-3-2-9(8-16)6-12(13)14/h2-3,6,10-11,16-17H,4-5,7-8H2,1H3. The molecule has 0 unspecified atom stereocenters. The zero-order valence-corrected chi connectivity index (χ0v) is 11.5. The first-order valence-electron chi connectivity index (χ1n) is 5.88. The molecule has 1 aliphatic rings. The van der Waals surface area contributed by atoms with Gasteiger partial charge in [0.15, 0.2) is 0 Å². The highest BCUT2D eigenvalue weighted by Crippen LogP contribution is 2.32. The Hall–Kier alpha value is -0.580. The second-order valence-corrected chi connectivity index (χ2v) is 5.67. The Morgan fingerprint density at radius 2 is 2.12 bits per heavy atom. The maximum absolute atomic E-state index is 9.27. The van der Waals surface area contributed by atoms with E-state index >= 15 is 0 Å². The quantitative estimate of drug-likeness (QED) is 0.895. The summed E-state index contributed by atoms with van der Waals surface area (Å²) >= 11 is 3.53. The first-order chi connectivity index (χ1) is 8.10. The zero-order chi connectivity index (χ0) is 12.4. The molecule has 0 amide bonds. The molecule has 2 rings (SSSR count). The van der Waals surface area contributed by atoms with E-state index in [1.807, 2.05) is 18.2 Å². The fourth-order valence-electron chi connectivity index (χ4n) is 2.29. The molecule has 0 spiro atoms. The van der Waals surface area contributed by atoms with Crippen molar-refractivity contribution in [2.75, 3.05) is 18.5 Å². The van der Waals surface area contributed by atoms with E-state index in [0.29, 0.717) is 5.92 Å². The minimum Gasteiger partial charge on any atom is -0.393 e. The van der Waals surface area contributed by atoms with Gasteiger partial charge in [0.25, 0.3) is 0 Å². The summed E-state index contributed by atoms with van der Waals surface area (Å²) < 4.78 is 1.01. The maximum atomic E-state index is 9.27. The number of nitrogens with zero attached hydrogens (tertiary/aromatic N) is 1. The largest absolute Gasteiger partial charge is 0.393 e. The van der Waals surface area contributed by atoms with Gasteiger partial charge in [-0.3, -0.25) is 0 Å². The predicted octanol–water partition coefficient (Wildman–Crippen LogP) is 2.15. The summed E-state index contributed by atoms with van der Waals surface area (Å²) in [5.41, 5.74) is 2.04. The highest BCUT2D eigenvalue weighted by Gasteiger charge is 2.28. The summed E-state index contributed by atoms with van der Waals surface area (Å²) in [6, 6.07) is 5.90. The lowest BCUT2D eigenvalue weighted by molar-refractivity contribution is 0.0464. The number of benzene rings is 1. The van der Waals surface area contributed by atoms with Gasteiger partial charge in [-0.2, -0.15) is 0 Å². The molecule has 4 heteroatoms. The number of halogens is 1. The predicted molar refractivity (Wildman–Crippen MR) is 72.1 cm³/mol. The van der Waals surface area contributed by atoms with Crippen molar-refractivity contribution in [1.29, 1.82) is 0 Å². The lowest BCUT2D eigenvalue weighted by Crippen LogP contribution is -2.37. The van der Waals surface area contributed by atoms with Crippen molar-refractivity contribution in [2.24, 2.45) is 5.92 Å². The summed E-state index contributed by atoms with van der Waals surface area (Å²) in [6.07, 6.45) is 1.74. The topological polar surface area (TPSA) is 43.7 Å². The van der Waals surface area contributed by atoms with E-state index in [1.54, 1.807) is 0 Å². The third-order valence-corrected chi connectivity index (χ3v) is 3.98. The Balaban J connectivity index is 2.01. The van der Waals surface area contributed by atoms with Gasteiger partial charge in [-0.15, -0.1) is 0 Å². The van der Waals surface area contributed by atoms with Gasteiger partial charge in [0.2, 0.25) is 0 Å². The Kier molecular flexibility index (Phi) is 4.07. The number of aliphatic hydroxyl groups is 2. The second kappa shape index (κ2) is 5.38. The summed E-state index contributed by atoms with van der Waals surface area (Å²) in [7, 11) is 2.06. The number of anilines is 1. The second-order valence-electron chi connectivity index (χ2n) is 4.82. The van der Waals surface area contributed by atoms with Crippen molar-refractivity contribution in [3.8, 4) is 0 Å². The Labute approximate surface area is 110 Å². The number of rotatable bonds is 4. The molecule has 2 N–H and O–H groups in total. The molecule has 3 nitrogen and oxygen atoms in total. The molecule has 17 heavy (non-hydrogen) atoms. The third kappa shape index (κ3) is 3.00. The molecule has 1 aromatic carbocycles. The molecule has 0 heterocycles. The van der Waals surface area contributed by atoms with Crippen LogP contribution in [0, 0.1) is 5.92 Å². The molecule has 0 atom stereocenters. The van der Waals surface area contributed by atoms with E-state index in [-0.39, 0.29) is 12.7 Å². The van der Waals surface area contributed by atoms with E-state index in [4.69, 9.17) is 5.11 Å². The van der Waals surface area contributed by atoms with Crippen LogP contribution in [0.4, 0.5) is 5.69 Å². The van der Waals surface area contributed by atoms with Gasteiger partial charge in [-0.05, 0) is 52.4 Å². The van der Waals surface area contributed by atoms with Crippen LogP contribution in [-0.4, -0.2) is 29.9 Å². The van der Waals surface area contributed by atoms with E-state index < -0.39 is 0 Å². The number of hydrogen-bond acceptors (Lipinski definition) is 3. The lowest BCUT2D eigenvalue weighted by Gasteiger charge is -2.35. The molecule has 94 valence electrons. The highest BCUT2D eigenvalue weighted by molar-refractivity contribution is 9.10. The molecule has 0 aromatic heterocycles. The average molecular weight is 300 g/mol. The monoisotopic (exact) mass is 299 g/mol. The Bertz CT molecular complexity index is 391. The van der Waals surface area contributed by atoms with Crippen molar-refractivity contribution in [3.05, 3.63) is 28.2 Å². The minimum absolute atomic E-state index is 0.0669. The molecule has 1 saturated carbocycles. The van der Waals surface area contributed by atoms with Crippen LogP contribution in [0.3, 0.4) is 0 Å². The molecule has 0 saturated heterocycles. The lowest BCUT2D eigenvalue weighted by atomic mass is 9.82. The molecule has 0 bridgehead atoms. The molecule has 1 aliphatic carbocycles. The summed E-state index contributed by atoms with van der Waals surface area (Å²) in [5, 5.41) is 18.3. The first kappa shape index (κ1) is 12.9. The van der Waals surface area contributed by atoms with E-state index in [1.165, 1.54) is 0 Å². The Morgan fingerprint density at radius 1 is 1.41 bits per heavy atom. The number of hydrogen-bond donors (Lipinski definition) is 2. The van der Waals surface area contributed by atoms with Crippen LogP contribution in [0.25, 0.3) is 0 Å². The molecule has 1 aromatic rings. The van der Waals surface area contributed by atoms with Gasteiger partial charge in [0, 0.05) is 18.1 Å². The fraction of sp³-hybridized carbons (Fsp3) is 0.538.